The predicted molar refractivity (Wildman–Crippen MR) is 95.9 cm³/mol. The number of hydrogen-bond acceptors (Lipinski definition) is 5. The number of amides is 1. The standard InChI is InChI=1S/C18H19N5O3/c1-11-5-6-13(8-12(11)2)23-16-14(9-20-23)18(25)22(10-19-16)21-17(24)15-4-3-7-26-15/h5-6,8-10,15H,3-4,7H2,1-2H3,(H,21,24). The lowest BCUT2D eigenvalue weighted by Gasteiger charge is -2.12. The molecule has 1 aliphatic rings. The second-order valence-corrected chi connectivity index (χ2v) is 6.46. The van der Waals surface area contributed by atoms with E-state index in [1.807, 2.05) is 32.0 Å². The average Bonchev–Trinajstić information content (AvgIpc) is 3.29. The zero-order valence-electron chi connectivity index (χ0n) is 14.6. The molecule has 1 aliphatic heterocycles. The molecule has 0 spiro atoms. The third-order valence-electron chi connectivity index (χ3n) is 4.68. The summed E-state index contributed by atoms with van der Waals surface area (Å²) in [5, 5.41) is 4.63. The molecule has 1 atom stereocenters. The number of aryl methyl sites for hydroxylation is 2. The van der Waals surface area contributed by atoms with Crippen LogP contribution in [0.4, 0.5) is 0 Å². The Bertz CT molecular complexity index is 1050. The van der Waals surface area contributed by atoms with E-state index in [9.17, 15) is 9.59 Å². The minimum atomic E-state index is -0.518. The van der Waals surface area contributed by atoms with E-state index in [1.54, 1.807) is 4.68 Å². The molecule has 8 heteroatoms. The van der Waals surface area contributed by atoms with Gasteiger partial charge in [-0.2, -0.15) is 5.10 Å². The smallest absolute Gasteiger partial charge is 0.283 e. The summed E-state index contributed by atoms with van der Waals surface area (Å²) in [6.45, 7) is 4.62. The number of carbonyl (C=O) groups excluding carboxylic acids is 1. The van der Waals surface area contributed by atoms with Gasteiger partial charge in [-0.15, -0.1) is 0 Å². The first kappa shape index (κ1) is 16.5. The maximum absolute atomic E-state index is 12.7. The Balaban J connectivity index is 1.70. The Morgan fingerprint density at radius 3 is 2.88 bits per heavy atom. The number of fused-ring (bicyclic) bond motifs is 1. The lowest BCUT2D eigenvalue weighted by atomic mass is 10.1. The van der Waals surface area contributed by atoms with E-state index in [2.05, 4.69) is 15.5 Å². The molecular formula is C18H19N5O3. The van der Waals surface area contributed by atoms with Gasteiger partial charge < -0.3 is 4.74 Å². The van der Waals surface area contributed by atoms with Crippen LogP contribution in [0.1, 0.15) is 24.0 Å². The second-order valence-electron chi connectivity index (χ2n) is 6.46. The fraction of sp³-hybridized carbons (Fsp3) is 0.333. The quantitative estimate of drug-likeness (QED) is 0.769. The Morgan fingerprint density at radius 2 is 2.15 bits per heavy atom. The lowest BCUT2D eigenvalue weighted by molar-refractivity contribution is -0.125. The maximum Gasteiger partial charge on any atom is 0.283 e. The number of benzene rings is 1. The molecule has 2 aromatic heterocycles. The minimum Gasteiger partial charge on any atom is -0.368 e. The van der Waals surface area contributed by atoms with Crippen LogP contribution in [0.25, 0.3) is 16.7 Å². The molecule has 1 N–H and O–H groups in total. The number of hydrogen-bond donors (Lipinski definition) is 1. The third-order valence-corrected chi connectivity index (χ3v) is 4.68. The van der Waals surface area contributed by atoms with E-state index in [4.69, 9.17) is 4.74 Å². The fourth-order valence-corrected chi connectivity index (χ4v) is 3.01. The number of rotatable bonds is 3. The van der Waals surface area contributed by atoms with Crippen LogP contribution in [0.5, 0.6) is 0 Å². The number of ether oxygens (including phenoxy) is 1. The van der Waals surface area contributed by atoms with Gasteiger partial charge in [-0.05, 0) is 49.9 Å². The Labute approximate surface area is 149 Å². The first-order valence-corrected chi connectivity index (χ1v) is 8.50. The van der Waals surface area contributed by atoms with Gasteiger partial charge in [-0.25, -0.2) is 14.3 Å². The number of carbonyl (C=O) groups is 1. The highest BCUT2D eigenvalue weighted by molar-refractivity contribution is 5.88. The highest BCUT2D eigenvalue weighted by Gasteiger charge is 2.24. The first-order chi connectivity index (χ1) is 12.5. The zero-order valence-corrected chi connectivity index (χ0v) is 14.6. The predicted octanol–water partition coefficient (Wildman–Crippen LogP) is 1.45. The molecule has 1 saturated heterocycles. The number of aromatic nitrogens is 4. The van der Waals surface area contributed by atoms with E-state index in [-0.39, 0.29) is 11.5 Å². The first-order valence-electron chi connectivity index (χ1n) is 8.50. The third kappa shape index (κ3) is 2.78. The van der Waals surface area contributed by atoms with Gasteiger partial charge in [0.2, 0.25) is 0 Å². The van der Waals surface area contributed by atoms with Crippen molar-refractivity contribution in [2.45, 2.75) is 32.8 Å². The molecule has 3 aromatic rings. The van der Waals surface area contributed by atoms with E-state index in [0.717, 1.165) is 22.3 Å². The number of nitrogens with zero attached hydrogens (tertiary/aromatic N) is 4. The van der Waals surface area contributed by atoms with Crippen molar-refractivity contribution in [3.8, 4) is 5.69 Å². The van der Waals surface area contributed by atoms with Gasteiger partial charge in [-0.1, -0.05) is 6.07 Å². The summed E-state index contributed by atoms with van der Waals surface area (Å²) in [7, 11) is 0. The summed E-state index contributed by atoms with van der Waals surface area (Å²) >= 11 is 0. The molecule has 0 radical (unpaired) electrons. The summed E-state index contributed by atoms with van der Waals surface area (Å²) in [4.78, 5) is 29.1. The molecule has 0 bridgehead atoms. The van der Waals surface area contributed by atoms with Crippen molar-refractivity contribution < 1.29 is 9.53 Å². The molecule has 26 heavy (non-hydrogen) atoms. The highest BCUT2D eigenvalue weighted by atomic mass is 16.5. The average molecular weight is 353 g/mol. The molecular weight excluding hydrogens is 334 g/mol. The van der Waals surface area contributed by atoms with Crippen molar-refractivity contribution in [3.63, 3.8) is 0 Å². The van der Waals surface area contributed by atoms with Crippen LogP contribution < -0.4 is 11.0 Å². The van der Waals surface area contributed by atoms with Gasteiger partial charge in [0.15, 0.2) is 5.65 Å². The minimum absolute atomic E-state index is 0.332. The summed E-state index contributed by atoms with van der Waals surface area (Å²) in [5.41, 5.74) is 5.75. The fourth-order valence-electron chi connectivity index (χ4n) is 3.01. The summed E-state index contributed by atoms with van der Waals surface area (Å²) in [5.74, 6) is -0.340. The molecule has 1 amide bonds. The van der Waals surface area contributed by atoms with Crippen LogP contribution in [-0.2, 0) is 9.53 Å². The van der Waals surface area contributed by atoms with E-state index >= 15 is 0 Å². The zero-order chi connectivity index (χ0) is 18.3. The van der Waals surface area contributed by atoms with Gasteiger partial charge >= 0.3 is 0 Å². The Kier molecular flexibility index (Phi) is 4.04. The van der Waals surface area contributed by atoms with Crippen LogP contribution in [0.2, 0.25) is 0 Å². The van der Waals surface area contributed by atoms with Crippen molar-refractivity contribution in [3.05, 3.63) is 52.2 Å². The van der Waals surface area contributed by atoms with Gasteiger partial charge in [0.1, 0.15) is 17.8 Å². The summed E-state index contributed by atoms with van der Waals surface area (Å²) in [6.07, 6.45) is 3.75. The second kappa shape index (κ2) is 6.38. The summed E-state index contributed by atoms with van der Waals surface area (Å²) in [6, 6.07) is 5.93. The van der Waals surface area contributed by atoms with Crippen LogP contribution in [0.15, 0.2) is 35.5 Å². The van der Waals surface area contributed by atoms with Crippen molar-refractivity contribution in [1.29, 1.82) is 0 Å². The molecule has 4 rings (SSSR count). The highest BCUT2D eigenvalue weighted by Crippen LogP contribution is 2.17. The molecule has 0 aliphatic carbocycles. The van der Waals surface area contributed by atoms with Gasteiger partial charge in [0.25, 0.3) is 11.5 Å². The largest absolute Gasteiger partial charge is 0.368 e. The summed E-state index contributed by atoms with van der Waals surface area (Å²) < 4.78 is 8.04. The monoisotopic (exact) mass is 353 g/mol. The normalized spacial score (nSPS) is 16.9. The van der Waals surface area contributed by atoms with E-state index < -0.39 is 6.10 Å². The maximum atomic E-state index is 12.7. The van der Waals surface area contributed by atoms with E-state index in [0.29, 0.717) is 24.1 Å². The van der Waals surface area contributed by atoms with Crippen molar-refractivity contribution in [2.75, 3.05) is 12.0 Å². The van der Waals surface area contributed by atoms with Gasteiger partial charge in [0.05, 0.1) is 11.9 Å². The Hall–Kier alpha value is -3.00. The van der Waals surface area contributed by atoms with Crippen LogP contribution in [-0.4, -0.2) is 38.1 Å². The molecule has 8 nitrogen and oxygen atoms in total. The van der Waals surface area contributed by atoms with Crippen molar-refractivity contribution in [2.24, 2.45) is 0 Å². The molecule has 3 heterocycles. The van der Waals surface area contributed by atoms with Gasteiger partial charge in [0, 0.05) is 6.61 Å². The molecule has 1 unspecified atom stereocenters. The molecule has 1 fully saturated rings. The molecule has 0 saturated carbocycles. The Morgan fingerprint density at radius 1 is 1.31 bits per heavy atom. The van der Waals surface area contributed by atoms with Crippen LogP contribution >= 0.6 is 0 Å². The van der Waals surface area contributed by atoms with Crippen LogP contribution in [0.3, 0.4) is 0 Å². The topological polar surface area (TPSA) is 91.0 Å². The molecule has 134 valence electrons. The van der Waals surface area contributed by atoms with Crippen LogP contribution in [0, 0.1) is 13.8 Å². The molecule has 1 aromatic carbocycles. The van der Waals surface area contributed by atoms with Gasteiger partial charge in [-0.3, -0.25) is 15.0 Å². The van der Waals surface area contributed by atoms with Crippen molar-refractivity contribution >= 4 is 16.9 Å². The van der Waals surface area contributed by atoms with E-state index in [1.165, 1.54) is 18.1 Å². The SMILES string of the molecule is Cc1ccc(-n2ncc3c(=O)n(NC(=O)C4CCCO4)cnc32)cc1C. The lowest BCUT2D eigenvalue weighted by Crippen LogP contribution is -2.38. The number of nitrogens with one attached hydrogen (secondary N) is 1. The van der Waals surface area contributed by atoms with Crippen molar-refractivity contribution in [1.82, 2.24) is 19.4 Å².